The summed E-state index contributed by atoms with van der Waals surface area (Å²) in [4.78, 5) is 13.4. The molecule has 2 aromatic carbocycles. The molecule has 0 radical (unpaired) electrons. The van der Waals surface area contributed by atoms with Gasteiger partial charge in [0, 0.05) is 22.2 Å². The summed E-state index contributed by atoms with van der Waals surface area (Å²) in [5, 5.41) is 6.71. The number of aromatic nitrogens is 2. The molecule has 2 aliphatic rings. The molecule has 3 aromatic rings. The lowest BCUT2D eigenvalue weighted by Crippen LogP contribution is -2.46. The number of rotatable bonds is 3. The van der Waals surface area contributed by atoms with Crippen LogP contribution in [0.2, 0.25) is 0 Å². The molecular weight excluding hydrogens is 558 g/mol. The fraction of sp³-hybridized carbons (Fsp3) is 0.333. The molecule has 0 saturated carbocycles. The number of hydrogen-bond acceptors (Lipinski definition) is 4. The number of piperidine rings is 1. The van der Waals surface area contributed by atoms with Gasteiger partial charge in [-0.2, -0.15) is 5.10 Å². The number of carbonyl (C=O) groups is 1. The Hall–Kier alpha value is -2.17. The summed E-state index contributed by atoms with van der Waals surface area (Å²) in [6, 6.07) is 12.1. The molecule has 0 bridgehead atoms. The van der Waals surface area contributed by atoms with E-state index in [0.29, 0.717) is 11.4 Å². The SMILES string of the molecule is CC1(C)Oc2cc(I)ccc2-c2c1c(C(=O)NN1CCCCC1)nn2-c1ccc(F)cc1.Cl. The molecule has 1 saturated heterocycles. The highest BCUT2D eigenvalue weighted by Gasteiger charge is 2.41. The molecule has 0 unspecified atom stereocenters. The number of amides is 1. The van der Waals surface area contributed by atoms with E-state index in [2.05, 4.69) is 28.0 Å². The van der Waals surface area contributed by atoms with E-state index < -0.39 is 5.60 Å². The molecule has 174 valence electrons. The largest absolute Gasteiger partial charge is 0.482 e. The average Bonchev–Trinajstić information content (AvgIpc) is 3.17. The van der Waals surface area contributed by atoms with Crippen molar-refractivity contribution in [3.8, 4) is 22.7 Å². The van der Waals surface area contributed by atoms with Gasteiger partial charge in [0.2, 0.25) is 0 Å². The Kier molecular flexibility index (Phi) is 6.70. The number of hydrogen-bond donors (Lipinski definition) is 1. The number of fused-ring (bicyclic) bond motifs is 3. The van der Waals surface area contributed by atoms with Crippen LogP contribution in [0.25, 0.3) is 16.9 Å². The number of nitrogens with zero attached hydrogens (tertiary/aromatic N) is 3. The molecule has 0 aliphatic carbocycles. The van der Waals surface area contributed by atoms with E-state index in [0.717, 1.165) is 52.1 Å². The number of benzene rings is 2. The fourth-order valence-corrected chi connectivity index (χ4v) is 4.93. The highest BCUT2D eigenvalue weighted by atomic mass is 127. The predicted molar refractivity (Wildman–Crippen MR) is 135 cm³/mol. The van der Waals surface area contributed by atoms with Gasteiger partial charge in [-0.3, -0.25) is 10.2 Å². The summed E-state index contributed by atoms with van der Waals surface area (Å²) >= 11 is 2.25. The Morgan fingerprint density at radius 3 is 2.52 bits per heavy atom. The maximum atomic E-state index is 13.6. The third-order valence-corrected chi connectivity index (χ3v) is 6.62. The number of halogens is 3. The Morgan fingerprint density at radius 1 is 1.12 bits per heavy atom. The van der Waals surface area contributed by atoms with Crippen molar-refractivity contribution in [2.24, 2.45) is 0 Å². The summed E-state index contributed by atoms with van der Waals surface area (Å²) in [6.45, 7) is 5.55. The summed E-state index contributed by atoms with van der Waals surface area (Å²) in [6.07, 6.45) is 3.30. The van der Waals surface area contributed by atoms with Crippen LogP contribution < -0.4 is 10.2 Å². The Bertz CT molecular complexity index is 1190. The van der Waals surface area contributed by atoms with Gasteiger partial charge in [-0.15, -0.1) is 12.4 Å². The second kappa shape index (κ2) is 9.23. The molecule has 0 atom stereocenters. The van der Waals surface area contributed by atoms with E-state index in [1.165, 1.54) is 18.6 Å². The fourth-order valence-electron chi connectivity index (χ4n) is 4.47. The van der Waals surface area contributed by atoms with Crippen molar-refractivity contribution < 1.29 is 13.9 Å². The molecule has 2 aliphatic heterocycles. The van der Waals surface area contributed by atoms with Crippen molar-refractivity contribution in [2.45, 2.75) is 38.7 Å². The zero-order chi connectivity index (χ0) is 22.5. The van der Waals surface area contributed by atoms with Gasteiger partial charge < -0.3 is 4.74 Å². The average molecular weight is 583 g/mol. The van der Waals surface area contributed by atoms with Crippen LogP contribution in [0.3, 0.4) is 0 Å². The van der Waals surface area contributed by atoms with Crippen molar-refractivity contribution in [1.29, 1.82) is 0 Å². The van der Waals surface area contributed by atoms with Crippen molar-refractivity contribution in [3.63, 3.8) is 0 Å². The Labute approximate surface area is 212 Å². The Morgan fingerprint density at radius 2 is 1.82 bits per heavy atom. The minimum absolute atomic E-state index is 0. The highest BCUT2D eigenvalue weighted by Crippen LogP contribution is 2.47. The predicted octanol–water partition coefficient (Wildman–Crippen LogP) is 5.46. The topological polar surface area (TPSA) is 59.4 Å². The van der Waals surface area contributed by atoms with Crippen LogP contribution in [-0.2, 0) is 5.60 Å². The summed E-state index contributed by atoms with van der Waals surface area (Å²) in [5.74, 6) is 0.159. The van der Waals surface area contributed by atoms with Gasteiger partial charge in [-0.1, -0.05) is 6.42 Å². The molecule has 33 heavy (non-hydrogen) atoms. The highest BCUT2D eigenvalue weighted by molar-refractivity contribution is 14.1. The van der Waals surface area contributed by atoms with E-state index >= 15 is 0 Å². The molecule has 3 heterocycles. The molecule has 1 amide bonds. The standard InChI is InChI=1S/C24H24FIN4O2.ClH/c1-24(2)20-21(23(31)28-29-12-4-3-5-13-29)27-30(17-9-6-15(25)7-10-17)22(20)18-11-8-16(26)14-19(18)32-24;/h6-11,14H,3-5,12-13H2,1-2H3,(H,28,31);1H. The minimum atomic E-state index is -0.778. The second-order valence-corrected chi connectivity index (χ2v) is 9.95. The summed E-state index contributed by atoms with van der Waals surface area (Å²) in [7, 11) is 0. The van der Waals surface area contributed by atoms with E-state index in [9.17, 15) is 9.18 Å². The Balaban J connectivity index is 0.00000259. The van der Waals surface area contributed by atoms with Crippen LogP contribution >= 0.6 is 35.0 Å². The number of ether oxygens (including phenoxy) is 1. The van der Waals surface area contributed by atoms with E-state index in [4.69, 9.17) is 9.84 Å². The number of hydrazine groups is 1. The maximum Gasteiger partial charge on any atom is 0.286 e. The lowest BCUT2D eigenvalue weighted by molar-refractivity contribution is 0.0720. The van der Waals surface area contributed by atoms with E-state index in [-0.39, 0.29) is 24.1 Å². The third-order valence-electron chi connectivity index (χ3n) is 5.95. The van der Waals surface area contributed by atoms with Crippen molar-refractivity contribution >= 4 is 40.9 Å². The monoisotopic (exact) mass is 582 g/mol. The van der Waals surface area contributed by atoms with Crippen LogP contribution in [0.1, 0.15) is 49.2 Å². The van der Waals surface area contributed by atoms with Crippen LogP contribution in [0.5, 0.6) is 5.75 Å². The number of nitrogens with one attached hydrogen (secondary N) is 1. The van der Waals surface area contributed by atoms with Crippen molar-refractivity contribution in [3.05, 3.63) is 63.1 Å². The first kappa shape index (κ1) is 24.0. The minimum Gasteiger partial charge on any atom is -0.482 e. The smallest absolute Gasteiger partial charge is 0.286 e. The molecular formula is C24H25ClFIN4O2. The van der Waals surface area contributed by atoms with Gasteiger partial charge in [0.25, 0.3) is 5.91 Å². The molecule has 6 nitrogen and oxygen atoms in total. The molecule has 9 heteroatoms. The molecule has 5 rings (SSSR count). The molecule has 1 N–H and O–H groups in total. The summed E-state index contributed by atoms with van der Waals surface area (Å²) in [5.41, 5.74) is 5.64. The van der Waals surface area contributed by atoms with Crippen LogP contribution in [0.4, 0.5) is 4.39 Å². The molecule has 0 spiro atoms. The quantitative estimate of drug-likeness (QED) is 0.417. The van der Waals surface area contributed by atoms with Gasteiger partial charge in [-0.05, 0) is 91.7 Å². The van der Waals surface area contributed by atoms with Crippen molar-refractivity contribution in [2.75, 3.05) is 13.1 Å². The zero-order valence-corrected chi connectivity index (χ0v) is 21.4. The van der Waals surface area contributed by atoms with Crippen molar-refractivity contribution in [1.82, 2.24) is 20.2 Å². The molecule has 1 fully saturated rings. The van der Waals surface area contributed by atoms with Gasteiger partial charge in [0.1, 0.15) is 17.2 Å². The van der Waals surface area contributed by atoms with Crippen LogP contribution in [0.15, 0.2) is 42.5 Å². The first-order chi connectivity index (χ1) is 15.3. The van der Waals surface area contributed by atoms with Gasteiger partial charge in [-0.25, -0.2) is 14.1 Å². The lowest BCUT2D eigenvalue weighted by atomic mass is 9.89. The zero-order valence-electron chi connectivity index (χ0n) is 18.4. The normalized spacial score (nSPS) is 16.7. The molecule has 1 aromatic heterocycles. The van der Waals surface area contributed by atoms with Gasteiger partial charge >= 0.3 is 0 Å². The van der Waals surface area contributed by atoms with Gasteiger partial charge in [0.15, 0.2) is 5.69 Å². The summed E-state index contributed by atoms with van der Waals surface area (Å²) < 4.78 is 22.8. The number of carbonyl (C=O) groups excluding carboxylic acids is 1. The van der Waals surface area contributed by atoms with Gasteiger partial charge in [0.05, 0.1) is 16.9 Å². The van der Waals surface area contributed by atoms with E-state index in [1.54, 1.807) is 16.8 Å². The van der Waals surface area contributed by atoms with Crippen LogP contribution in [0, 0.1) is 9.39 Å². The van der Waals surface area contributed by atoms with E-state index in [1.807, 2.05) is 37.1 Å². The first-order valence-corrected chi connectivity index (χ1v) is 11.9. The lowest BCUT2D eigenvalue weighted by Gasteiger charge is -2.34. The third kappa shape index (κ3) is 4.48. The second-order valence-electron chi connectivity index (χ2n) is 8.70. The first-order valence-electron chi connectivity index (χ1n) is 10.8. The van der Waals surface area contributed by atoms with Crippen LogP contribution in [-0.4, -0.2) is 33.8 Å². The maximum absolute atomic E-state index is 13.6.